The van der Waals surface area contributed by atoms with E-state index in [1.807, 2.05) is 6.07 Å². The van der Waals surface area contributed by atoms with Gasteiger partial charge in [-0.2, -0.15) is 0 Å². The summed E-state index contributed by atoms with van der Waals surface area (Å²) in [6.45, 7) is 0. The minimum atomic E-state index is 0.172. The normalized spacial score (nSPS) is 10.8. The second-order valence-electron chi connectivity index (χ2n) is 3.38. The first kappa shape index (κ1) is 8.91. The highest BCUT2D eigenvalue weighted by molar-refractivity contribution is 5.75. The van der Waals surface area contributed by atoms with Gasteiger partial charge in [0.05, 0.1) is 18.0 Å². The summed E-state index contributed by atoms with van der Waals surface area (Å²) in [5.74, 6) is 0.664. The molecule has 4 nitrogen and oxygen atoms in total. The molecule has 2 aromatic heterocycles. The molecule has 0 radical (unpaired) electrons. The van der Waals surface area contributed by atoms with Gasteiger partial charge in [-0.15, -0.1) is 0 Å². The number of hydrogen-bond donors (Lipinski definition) is 1. The Labute approximate surface area is 91.2 Å². The summed E-state index contributed by atoms with van der Waals surface area (Å²) in [5, 5.41) is 9.68. The van der Waals surface area contributed by atoms with E-state index in [1.165, 1.54) is 0 Å². The monoisotopic (exact) mass is 212 g/mol. The van der Waals surface area contributed by atoms with Crippen LogP contribution in [0.1, 0.15) is 0 Å². The molecule has 0 aliphatic heterocycles. The van der Waals surface area contributed by atoms with E-state index < -0.39 is 0 Å². The highest BCUT2D eigenvalue weighted by Crippen LogP contribution is 2.26. The lowest BCUT2D eigenvalue weighted by Crippen LogP contribution is -1.88. The molecule has 0 bridgehead atoms. The van der Waals surface area contributed by atoms with E-state index in [1.54, 1.807) is 36.7 Å². The van der Waals surface area contributed by atoms with Crippen LogP contribution in [0.15, 0.2) is 47.2 Å². The molecule has 0 fully saturated rings. The van der Waals surface area contributed by atoms with Crippen molar-refractivity contribution >= 4 is 11.1 Å². The fourth-order valence-electron chi connectivity index (χ4n) is 1.56. The van der Waals surface area contributed by atoms with Gasteiger partial charge in [-0.05, 0) is 12.1 Å². The number of phenolic OH excluding ortho intramolecular Hbond substituents is 1. The molecule has 2 heterocycles. The van der Waals surface area contributed by atoms with E-state index in [9.17, 15) is 5.11 Å². The molecule has 4 heteroatoms. The molecule has 16 heavy (non-hydrogen) atoms. The molecule has 0 amide bonds. The van der Waals surface area contributed by atoms with Crippen LogP contribution in [0.3, 0.4) is 0 Å². The summed E-state index contributed by atoms with van der Waals surface area (Å²) >= 11 is 0. The molecule has 1 N–H and O–H groups in total. The largest absolute Gasteiger partial charge is 0.507 e. The predicted molar refractivity (Wildman–Crippen MR) is 58.9 cm³/mol. The zero-order valence-electron chi connectivity index (χ0n) is 8.29. The number of rotatable bonds is 1. The van der Waals surface area contributed by atoms with E-state index in [-0.39, 0.29) is 5.75 Å². The molecular weight excluding hydrogens is 204 g/mol. The number of benzene rings is 1. The van der Waals surface area contributed by atoms with Gasteiger partial charge in [0.25, 0.3) is 0 Å². The van der Waals surface area contributed by atoms with Crippen LogP contribution in [0.2, 0.25) is 0 Å². The second kappa shape index (κ2) is 3.34. The van der Waals surface area contributed by atoms with Crippen LogP contribution < -0.4 is 0 Å². The minimum Gasteiger partial charge on any atom is -0.507 e. The second-order valence-corrected chi connectivity index (χ2v) is 3.38. The molecular formula is C12H8N2O2. The molecule has 0 aliphatic rings. The molecule has 0 aliphatic carbocycles. The lowest BCUT2D eigenvalue weighted by Gasteiger charge is -2.01. The van der Waals surface area contributed by atoms with Crippen LogP contribution in [0.4, 0.5) is 0 Å². The van der Waals surface area contributed by atoms with Crippen molar-refractivity contribution in [2.75, 3.05) is 0 Å². The van der Waals surface area contributed by atoms with Crippen LogP contribution in [0.5, 0.6) is 5.75 Å². The van der Waals surface area contributed by atoms with Crippen LogP contribution >= 0.6 is 0 Å². The first-order chi connectivity index (χ1) is 7.84. The van der Waals surface area contributed by atoms with E-state index >= 15 is 0 Å². The molecule has 0 atom stereocenters. The maximum absolute atomic E-state index is 9.68. The molecule has 0 saturated heterocycles. The number of furan rings is 1. The third kappa shape index (κ3) is 1.32. The Kier molecular flexibility index (Phi) is 1.86. The first-order valence-electron chi connectivity index (χ1n) is 4.83. The molecule has 0 unspecified atom stereocenters. The number of hydrogen-bond acceptors (Lipinski definition) is 4. The van der Waals surface area contributed by atoms with Gasteiger partial charge < -0.3 is 9.52 Å². The zero-order chi connectivity index (χ0) is 11.0. The van der Waals surface area contributed by atoms with Crippen molar-refractivity contribution in [3.8, 4) is 17.1 Å². The fourth-order valence-corrected chi connectivity index (χ4v) is 1.56. The van der Waals surface area contributed by atoms with Gasteiger partial charge in [-0.1, -0.05) is 12.1 Å². The lowest BCUT2D eigenvalue weighted by molar-refractivity contribution is 0.477. The van der Waals surface area contributed by atoms with Crippen LogP contribution in [0.25, 0.3) is 22.5 Å². The zero-order valence-corrected chi connectivity index (χ0v) is 8.29. The predicted octanol–water partition coefficient (Wildman–Crippen LogP) is 2.60. The van der Waals surface area contributed by atoms with Crippen molar-refractivity contribution in [1.82, 2.24) is 9.97 Å². The highest BCUT2D eigenvalue weighted by Gasteiger charge is 2.07. The Balaban J connectivity index is 2.22. The lowest BCUT2D eigenvalue weighted by atomic mass is 10.2. The van der Waals surface area contributed by atoms with Crippen molar-refractivity contribution in [3.63, 3.8) is 0 Å². The molecule has 78 valence electrons. The molecule has 0 spiro atoms. The molecule has 3 aromatic rings. The Morgan fingerprint density at radius 1 is 1.12 bits per heavy atom. The number of fused-ring (bicyclic) bond motifs is 1. The van der Waals surface area contributed by atoms with Crippen molar-refractivity contribution in [1.29, 1.82) is 0 Å². The number of para-hydroxylation sites is 1. The van der Waals surface area contributed by atoms with Crippen LogP contribution in [-0.4, -0.2) is 15.1 Å². The number of phenols is 1. The van der Waals surface area contributed by atoms with E-state index in [2.05, 4.69) is 9.97 Å². The molecule has 1 aromatic carbocycles. The molecule has 3 rings (SSSR count). The van der Waals surface area contributed by atoms with Crippen molar-refractivity contribution in [3.05, 3.63) is 42.8 Å². The summed E-state index contributed by atoms with van der Waals surface area (Å²) in [6, 6.07) is 8.74. The summed E-state index contributed by atoms with van der Waals surface area (Å²) in [6.07, 6.45) is 3.16. The smallest absolute Gasteiger partial charge is 0.170 e. The van der Waals surface area contributed by atoms with E-state index in [0.29, 0.717) is 17.0 Å². The maximum atomic E-state index is 9.68. The Bertz CT molecular complexity index is 646. The maximum Gasteiger partial charge on any atom is 0.170 e. The van der Waals surface area contributed by atoms with Gasteiger partial charge in [-0.3, -0.25) is 0 Å². The SMILES string of the molecule is Oc1ccccc1-c1ncc2occc2n1. The standard InChI is InChI=1S/C12H8N2O2/c15-10-4-2-1-3-8(10)12-13-7-11-9(14-12)5-6-16-11/h1-7,15H. The van der Waals surface area contributed by atoms with Gasteiger partial charge in [0.1, 0.15) is 11.3 Å². The van der Waals surface area contributed by atoms with Crippen LogP contribution in [0, 0.1) is 0 Å². The average Bonchev–Trinajstić information content (AvgIpc) is 2.76. The fraction of sp³-hybridized carbons (Fsp3) is 0. The van der Waals surface area contributed by atoms with Crippen LogP contribution in [-0.2, 0) is 0 Å². The van der Waals surface area contributed by atoms with Crippen molar-refractivity contribution in [2.24, 2.45) is 0 Å². The van der Waals surface area contributed by atoms with Gasteiger partial charge in [0.2, 0.25) is 0 Å². The summed E-state index contributed by atoms with van der Waals surface area (Å²) in [7, 11) is 0. The topological polar surface area (TPSA) is 59.2 Å². The van der Waals surface area contributed by atoms with Gasteiger partial charge >= 0.3 is 0 Å². The van der Waals surface area contributed by atoms with E-state index in [0.717, 1.165) is 5.52 Å². The van der Waals surface area contributed by atoms with Crippen molar-refractivity contribution < 1.29 is 9.52 Å². The number of aromatic nitrogens is 2. The third-order valence-electron chi connectivity index (χ3n) is 2.35. The van der Waals surface area contributed by atoms with E-state index in [4.69, 9.17) is 4.42 Å². The first-order valence-corrected chi connectivity index (χ1v) is 4.83. The van der Waals surface area contributed by atoms with Gasteiger partial charge in [-0.25, -0.2) is 9.97 Å². The van der Waals surface area contributed by atoms with Gasteiger partial charge in [0.15, 0.2) is 11.4 Å². The third-order valence-corrected chi connectivity index (χ3v) is 2.35. The summed E-state index contributed by atoms with van der Waals surface area (Å²) in [4.78, 5) is 8.45. The minimum absolute atomic E-state index is 0.172. The summed E-state index contributed by atoms with van der Waals surface area (Å²) in [5.41, 5.74) is 1.98. The van der Waals surface area contributed by atoms with Gasteiger partial charge in [0, 0.05) is 6.07 Å². The Hall–Kier alpha value is -2.36. The average molecular weight is 212 g/mol. The number of nitrogens with zero attached hydrogens (tertiary/aromatic N) is 2. The highest BCUT2D eigenvalue weighted by atomic mass is 16.3. The molecule has 0 saturated carbocycles. The van der Waals surface area contributed by atoms with Crippen molar-refractivity contribution in [2.45, 2.75) is 0 Å². The number of aromatic hydroxyl groups is 1. The summed E-state index contributed by atoms with van der Waals surface area (Å²) < 4.78 is 5.15. The Morgan fingerprint density at radius 3 is 2.88 bits per heavy atom. The Morgan fingerprint density at radius 2 is 2.00 bits per heavy atom. The quantitative estimate of drug-likeness (QED) is 0.673.